The zero-order valence-electron chi connectivity index (χ0n) is 9.13. The van der Waals surface area contributed by atoms with E-state index in [1.807, 2.05) is 0 Å². The molecule has 2 saturated heterocycles. The molecule has 2 atom stereocenters. The van der Waals surface area contributed by atoms with Gasteiger partial charge in [-0.05, 0) is 38.1 Å². The van der Waals surface area contributed by atoms with Crippen LogP contribution < -0.4 is 5.32 Å². The average molecular weight is 209 g/mol. The Morgan fingerprint density at radius 1 is 1.40 bits per heavy atom. The van der Waals surface area contributed by atoms with E-state index in [1.165, 1.54) is 25.9 Å². The first-order chi connectivity index (χ1) is 7.38. The summed E-state index contributed by atoms with van der Waals surface area (Å²) in [4.78, 5) is 10.5. The van der Waals surface area contributed by atoms with Crippen LogP contribution in [0.15, 0.2) is 11.6 Å². The fraction of sp³-hybridized carbons (Fsp3) is 0.833. The summed E-state index contributed by atoms with van der Waals surface area (Å²) >= 11 is 0. The van der Waals surface area contributed by atoms with E-state index in [-0.39, 0.29) is 5.60 Å². The predicted molar refractivity (Wildman–Crippen MR) is 57.3 cm³/mol. The van der Waals surface area contributed by atoms with Crippen molar-refractivity contribution in [3.8, 4) is 0 Å². The molecule has 0 aromatic heterocycles. The average Bonchev–Trinajstić information content (AvgIpc) is 2.91. The molecule has 0 saturated carbocycles. The monoisotopic (exact) mass is 209 g/mol. The SMILES string of the molecule is C1=C(C2CCNC2)CCC2(C1)CCOO2. The molecule has 15 heavy (non-hydrogen) atoms. The lowest BCUT2D eigenvalue weighted by Crippen LogP contribution is -2.30. The van der Waals surface area contributed by atoms with Crippen LogP contribution >= 0.6 is 0 Å². The Morgan fingerprint density at radius 3 is 3.00 bits per heavy atom. The molecule has 0 aromatic rings. The van der Waals surface area contributed by atoms with Crippen molar-refractivity contribution in [3.63, 3.8) is 0 Å². The highest BCUT2D eigenvalue weighted by Crippen LogP contribution is 2.39. The van der Waals surface area contributed by atoms with Crippen molar-refractivity contribution < 1.29 is 9.78 Å². The molecule has 1 spiro atoms. The molecule has 1 N–H and O–H groups in total. The first-order valence-electron chi connectivity index (χ1n) is 6.08. The van der Waals surface area contributed by atoms with Crippen molar-refractivity contribution in [2.75, 3.05) is 19.7 Å². The first kappa shape index (κ1) is 9.82. The van der Waals surface area contributed by atoms with E-state index in [2.05, 4.69) is 11.4 Å². The third kappa shape index (κ3) is 1.84. The van der Waals surface area contributed by atoms with Crippen molar-refractivity contribution in [3.05, 3.63) is 11.6 Å². The molecule has 3 nitrogen and oxygen atoms in total. The molecule has 3 rings (SSSR count). The van der Waals surface area contributed by atoms with Gasteiger partial charge in [0.25, 0.3) is 0 Å². The van der Waals surface area contributed by atoms with Crippen molar-refractivity contribution in [1.29, 1.82) is 0 Å². The summed E-state index contributed by atoms with van der Waals surface area (Å²) in [5, 5.41) is 3.43. The minimum atomic E-state index is 0.0372. The van der Waals surface area contributed by atoms with E-state index in [0.29, 0.717) is 0 Å². The summed E-state index contributed by atoms with van der Waals surface area (Å²) in [5.74, 6) is 0.796. The second-order valence-corrected chi connectivity index (χ2v) is 5.01. The Morgan fingerprint density at radius 2 is 2.40 bits per heavy atom. The number of rotatable bonds is 1. The van der Waals surface area contributed by atoms with E-state index in [1.54, 1.807) is 5.57 Å². The molecule has 1 aliphatic carbocycles. The third-order valence-electron chi connectivity index (χ3n) is 4.07. The van der Waals surface area contributed by atoms with E-state index < -0.39 is 0 Å². The molecule has 0 aromatic carbocycles. The van der Waals surface area contributed by atoms with Gasteiger partial charge in [-0.3, -0.25) is 0 Å². The predicted octanol–water partition coefficient (Wildman–Crippen LogP) is 1.80. The molecule has 0 amide bonds. The normalized spacial score (nSPS) is 41.1. The number of hydrogen-bond acceptors (Lipinski definition) is 3. The van der Waals surface area contributed by atoms with Gasteiger partial charge >= 0.3 is 0 Å². The maximum atomic E-state index is 5.43. The Kier molecular flexibility index (Phi) is 2.54. The van der Waals surface area contributed by atoms with Crippen LogP contribution in [0, 0.1) is 5.92 Å². The van der Waals surface area contributed by atoms with Crippen LogP contribution in [-0.2, 0) is 9.78 Å². The quantitative estimate of drug-likeness (QED) is 0.527. The van der Waals surface area contributed by atoms with Gasteiger partial charge in [-0.25, -0.2) is 9.78 Å². The zero-order valence-corrected chi connectivity index (χ0v) is 9.13. The molecule has 0 bridgehead atoms. The summed E-state index contributed by atoms with van der Waals surface area (Å²) in [6, 6.07) is 0. The highest BCUT2D eigenvalue weighted by atomic mass is 17.2. The standard InChI is InChI=1S/C12H19NO2/c1-4-12(6-8-14-15-12)5-2-10(1)11-3-7-13-9-11/h1,11,13H,2-9H2. The summed E-state index contributed by atoms with van der Waals surface area (Å²) in [6.45, 7) is 3.14. The van der Waals surface area contributed by atoms with Gasteiger partial charge in [0.2, 0.25) is 0 Å². The largest absolute Gasteiger partial charge is 0.316 e. The Labute approximate surface area is 90.8 Å². The minimum Gasteiger partial charge on any atom is -0.316 e. The number of nitrogens with one attached hydrogen (secondary N) is 1. The lowest BCUT2D eigenvalue weighted by molar-refractivity contribution is -0.310. The van der Waals surface area contributed by atoms with Gasteiger partial charge in [0.1, 0.15) is 5.60 Å². The summed E-state index contributed by atoms with van der Waals surface area (Å²) in [5.41, 5.74) is 1.69. The molecular formula is C12H19NO2. The molecule has 2 heterocycles. The van der Waals surface area contributed by atoms with Gasteiger partial charge in [0, 0.05) is 13.0 Å². The van der Waals surface area contributed by atoms with Crippen LogP contribution in [0.5, 0.6) is 0 Å². The zero-order chi connectivity index (χ0) is 10.1. The second-order valence-electron chi connectivity index (χ2n) is 5.01. The summed E-state index contributed by atoms with van der Waals surface area (Å²) in [6.07, 6.45) is 8.20. The highest BCUT2D eigenvalue weighted by Gasteiger charge is 2.39. The van der Waals surface area contributed by atoms with Gasteiger partial charge in [0.15, 0.2) is 0 Å². The molecule has 3 aliphatic rings. The van der Waals surface area contributed by atoms with Crippen molar-refractivity contribution >= 4 is 0 Å². The van der Waals surface area contributed by atoms with E-state index >= 15 is 0 Å². The van der Waals surface area contributed by atoms with Crippen LogP contribution in [0.2, 0.25) is 0 Å². The molecule has 2 fully saturated rings. The van der Waals surface area contributed by atoms with Crippen LogP contribution in [0.1, 0.15) is 32.1 Å². The highest BCUT2D eigenvalue weighted by molar-refractivity contribution is 5.16. The summed E-state index contributed by atoms with van der Waals surface area (Å²) < 4.78 is 0. The third-order valence-corrected chi connectivity index (χ3v) is 4.07. The van der Waals surface area contributed by atoms with Crippen LogP contribution in [0.4, 0.5) is 0 Å². The van der Waals surface area contributed by atoms with Gasteiger partial charge in [-0.1, -0.05) is 11.6 Å². The molecule has 84 valence electrons. The lowest BCUT2D eigenvalue weighted by Gasteiger charge is -2.30. The summed E-state index contributed by atoms with van der Waals surface area (Å²) in [7, 11) is 0. The van der Waals surface area contributed by atoms with Crippen LogP contribution in [0.25, 0.3) is 0 Å². The smallest absolute Gasteiger partial charge is 0.110 e. The van der Waals surface area contributed by atoms with Gasteiger partial charge in [-0.2, -0.15) is 0 Å². The molecular weight excluding hydrogens is 190 g/mol. The molecule has 2 aliphatic heterocycles. The van der Waals surface area contributed by atoms with Crippen molar-refractivity contribution in [2.45, 2.75) is 37.7 Å². The van der Waals surface area contributed by atoms with E-state index in [9.17, 15) is 0 Å². The molecule has 0 radical (unpaired) electrons. The fourth-order valence-electron chi connectivity index (χ4n) is 2.97. The minimum absolute atomic E-state index is 0.0372. The Bertz CT molecular complexity index is 263. The van der Waals surface area contributed by atoms with Crippen LogP contribution in [-0.4, -0.2) is 25.3 Å². The van der Waals surface area contributed by atoms with Gasteiger partial charge in [0.05, 0.1) is 6.61 Å². The maximum Gasteiger partial charge on any atom is 0.110 e. The van der Waals surface area contributed by atoms with E-state index in [4.69, 9.17) is 9.78 Å². The second kappa shape index (κ2) is 3.89. The van der Waals surface area contributed by atoms with Crippen molar-refractivity contribution in [1.82, 2.24) is 5.32 Å². The Balaban J connectivity index is 1.66. The lowest BCUT2D eigenvalue weighted by atomic mass is 9.79. The van der Waals surface area contributed by atoms with E-state index in [0.717, 1.165) is 31.8 Å². The molecule has 3 heteroatoms. The fourth-order valence-corrected chi connectivity index (χ4v) is 2.97. The molecule has 2 unspecified atom stereocenters. The van der Waals surface area contributed by atoms with Crippen molar-refractivity contribution in [2.24, 2.45) is 5.92 Å². The first-order valence-corrected chi connectivity index (χ1v) is 6.08. The van der Waals surface area contributed by atoms with Crippen LogP contribution in [0.3, 0.4) is 0 Å². The maximum absolute atomic E-state index is 5.43. The van der Waals surface area contributed by atoms with Gasteiger partial charge < -0.3 is 5.32 Å². The Hall–Kier alpha value is -0.380. The van der Waals surface area contributed by atoms with Gasteiger partial charge in [-0.15, -0.1) is 0 Å². The topological polar surface area (TPSA) is 30.5 Å². The number of hydrogen-bond donors (Lipinski definition) is 1.